The molecule has 1 amide bonds. The number of thiophene rings is 1. The van der Waals surface area contributed by atoms with E-state index in [1.807, 2.05) is 40.6 Å². The van der Waals surface area contributed by atoms with Crippen LogP contribution in [0.25, 0.3) is 6.08 Å². The molecule has 0 radical (unpaired) electrons. The minimum absolute atomic E-state index is 0.125. The molecule has 1 fully saturated rings. The summed E-state index contributed by atoms with van der Waals surface area (Å²) in [6.45, 7) is 0.851. The van der Waals surface area contributed by atoms with Crippen molar-refractivity contribution in [1.82, 2.24) is 4.90 Å². The lowest BCUT2D eigenvalue weighted by Crippen LogP contribution is -2.43. The number of nitrogens with zero attached hydrogens (tertiary/aromatic N) is 1. The summed E-state index contributed by atoms with van der Waals surface area (Å²) in [6.07, 6.45) is 8.89. The Morgan fingerprint density at radius 2 is 2.07 bits per heavy atom. The summed E-state index contributed by atoms with van der Waals surface area (Å²) in [5.74, 6) is 1.63. The Balaban J connectivity index is 1.62. The molecule has 5 heteroatoms. The summed E-state index contributed by atoms with van der Waals surface area (Å²) in [4.78, 5) is 15.9. The number of benzene rings is 1. The Kier molecular flexibility index (Phi) is 6.93. The van der Waals surface area contributed by atoms with Gasteiger partial charge in [0.25, 0.3) is 0 Å². The second-order valence-corrected chi connectivity index (χ2v) is 7.74. The summed E-state index contributed by atoms with van der Waals surface area (Å²) in [6, 6.07) is 10.4. The van der Waals surface area contributed by atoms with Gasteiger partial charge in [-0.05, 0) is 67.3 Å². The van der Waals surface area contributed by atoms with Crippen LogP contribution in [-0.4, -0.2) is 37.6 Å². The number of piperidine rings is 1. The third kappa shape index (κ3) is 5.13. The van der Waals surface area contributed by atoms with E-state index in [-0.39, 0.29) is 5.91 Å². The number of methoxy groups -OCH3 is 2. The molecular weight excluding hydrogens is 358 g/mol. The molecule has 27 heavy (non-hydrogen) atoms. The minimum atomic E-state index is 0.125. The van der Waals surface area contributed by atoms with E-state index >= 15 is 0 Å². The molecule has 1 unspecified atom stereocenters. The van der Waals surface area contributed by atoms with Crippen molar-refractivity contribution in [3.63, 3.8) is 0 Å². The fourth-order valence-corrected chi connectivity index (χ4v) is 4.21. The molecule has 2 heterocycles. The average molecular weight is 386 g/mol. The van der Waals surface area contributed by atoms with Crippen LogP contribution in [0, 0.1) is 0 Å². The molecule has 0 N–H and O–H groups in total. The lowest BCUT2D eigenvalue weighted by Gasteiger charge is -2.35. The van der Waals surface area contributed by atoms with E-state index in [1.165, 1.54) is 12.0 Å². The van der Waals surface area contributed by atoms with Gasteiger partial charge in [0.1, 0.15) is 0 Å². The molecule has 1 aliphatic rings. The quantitative estimate of drug-likeness (QED) is 0.643. The summed E-state index contributed by atoms with van der Waals surface area (Å²) in [7, 11) is 3.30. The highest BCUT2D eigenvalue weighted by Crippen LogP contribution is 2.29. The Labute approximate surface area is 165 Å². The third-order valence-electron chi connectivity index (χ3n) is 5.06. The van der Waals surface area contributed by atoms with E-state index in [2.05, 4.69) is 6.07 Å². The fourth-order valence-electron chi connectivity index (χ4n) is 3.60. The highest BCUT2D eigenvalue weighted by atomic mass is 32.1. The van der Waals surface area contributed by atoms with Crippen molar-refractivity contribution < 1.29 is 14.3 Å². The summed E-state index contributed by atoms with van der Waals surface area (Å²) >= 11 is 1.65. The molecule has 0 saturated carbocycles. The molecule has 1 aliphatic heterocycles. The van der Waals surface area contributed by atoms with Crippen LogP contribution < -0.4 is 9.47 Å². The van der Waals surface area contributed by atoms with Gasteiger partial charge in [0.15, 0.2) is 11.5 Å². The van der Waals surface area contributed by atoms with Gasteiger partial charge >= 0.3 is 0 Å². The van der Waals surface area contributed by atoms with E-state index in [1.54, 1.807) is 31.6 Å². The maximum Gasteiger partial charge on any atom is 0.246 e. The second kappa shape index (κ2) is 9.60. The van der Waals surface area contributed by atoms with Gasteiger partial charge < -0.3 is 14.4 Å². The first-order valence-corrected chi connectivity index (χ1v) is 10.3. The number of hydrogen-bond donors (Lipinski definition) is 0. The number of carbonyl (C=O) groups excluding carboxylic acids is 1. The lowest BCUT2D eigenvalue weighted by atomic mass is 9.95. The van der Waals surface area contributed by atoms with E-state index in [4.69, 9.17) is 9.47 Å². The first-order chi connectivity index (χ1) is 13.2. The predicted molar refractivity (Wildman–Crippen MR) is 111 cm³/mol. The predicted octanol–water partition coefficient (Wildman–Crippen LogP) is 4.79. The van der Waals surface area contributed by atoms with Gasteiger partial charge in [-0.15, -0.1) is 11.3 Å². The Morgan fingerprint density at radius 1 is 1.22 bits per heavy atom. The molecular formula is C22H27NO3S. The SMILES string of the molecule is COc1ccc(CCC2CCCCN2C(=O)/C=C/c2cccs2)cc1OC. The highest BCUT2D eigenvalue weighted by Gasteiger charge is 2.25. The Bertz CT molecular complexity index is 770. The van der Waals surface area contributed by atoms with Gasteiger partial charge in [0.05, 0.1) is 14.2 Å². The number of carbonyl (C=O) groups is 1. The average Bonchev–Trinajstić information content (AvgIpc) is 3.24. The van der Waals surface area contributed by atoms with Crippen LogP contribution in [-0.2, 0) is 11.2 Å². The zero-order valence-electron chi connectivity index (χ0n) is 16.0. The fraction of sp³-hybridized carbons (Fsp3) is 0.409. The smallest absolute Gasteiger partial charge is 0.246 e. The van der Waals surface area contributed by atoms with Crippen LogP contribution >= 0.6 is 11.3 Å². The van der Waals surface area contributed by atoms with Crippen LogP contribution in [0.4, 0.5) is 0 Å². The van der Waals surface area contributed by atoms with Crippen molar-refractivity contribution in [3.8, 4) is 11.5 Å². The van der Waals surface area contributed by atoms with Gasteiger partial charge in [-0.3, -0.25) is 4.79 Å². The van der Waals surface area contributed by atoms with E-state index in [0.29, 0.717) is 6.04 Å². The van der Waals surface area contributed by atoms with Gasteiger partial charge in [-0.1, -0.05) is 12.1 Å². The molecule has 1 saturated heterocycles. The first-order valence-electron chi connectivity index (χ1n) is 9.44. The van der Waals surface area contributed by atoms with E-state index < -0.39 is 0 Å². The molecule has 0 aliphatic carbocycles. The van der Waals surface area contributed by atoms with Crippen molar-refractivity contribution in [2.45, 2.75) is 38.1 Å². The number of hydrogen-bond acceptors (Lipinski definition) is 4. The zero-order chi connectivity index (χ0) is 19.1. The topological polar surface area (TPSA) is 38.8 Å². The summed E-state index contributed by atoms with van der Waals surface area (Å²) < 4.78 is 10.7. The number of amides is 1. The highest BCUT2D eigenvalue weighted by molar-refractivity contribution is 7.10. The second-order valence-electron chi connectivity index (χ2n) is 6.76. The normalized spacial score (nSPS) is 17.3. The molecule has 0 bridgehead atoms. The molecule has 3 rings (SSSR count). The van der Waals surface area contributed by atoms with Crippen molar-refractivity contribution in [3.05, 3.63) is 52.2 Å². The molecule has 2 aromatic rings. The van der Waals surface area contributed by atoms with Crippen LogP contribution in [0.2, 0.25) is 0 Å². The molecule has 4 nitrogen and oxygen atoms in total. The van der Waals surface area contributed by atoms with Crippen LogP contribution in [0.5, 0.6) is 11.5 Å². The molecule has 1 aromatic carbocycles. The van der Waals surface area contributed by atoms with Crippen LogP contribution in [0.3, 0.4) is 0 Å². The van der Waals surface area contributed by atoms with Gasteiger partial charge in [-0.2, -0.15) is 0 Å². The van der Waals surface area contributed by atoms with Crippen molar-refractivity contribution in [1.29, 1.82) is 0 Å². The van der Waals surface area contributed by atoms with Crippen LogP contribution in [0.15, 0.2) is 41.8 Å². The summed E-state index contributed by atoms with van der Waals surface area (Å²) in [5.41, 5.74) is 1.21. The Hall–Kier alpha value is -2.27. The van der Waals surface area contributed by atoms with Crippen molar-refractivity contribution in [2.75, 3.05) is 20.8 Å². The van der Waals surface area contributed by atoms with Crippen molar-refractivity contribution >= 4 is 23.3 Å². The van der Waals surface area contributed by atoms with E-state index in [9.17, 15) is 4.79 Å². The number of aryl methyl sites for hydroxylation is 1. The maximum absolute atomic E-state index is 12.7. The van der Waals surface area contributed by atoms with Gasteiger partial charge in [-0.25, -0.2) is 0 Å². The monoisotopic (exact) mass is 385 g/mol. The number of rotatable bonds is 7. The lowest BCUT2D eigenvalue weighted by molar-refractivity contribution is -0.129. The van der Waals surface area contributed by atoms with Gasteiger partial charge in [0.2, 0.25) is 5.91 Å². The third-order valence-corrected chi connectivity index (χ3v) is 5.90. The van der Waals surface area contributed by atoms with E-state index in [0.717, 1.165) is 48.6 Å². The molecule has 1 atom stereocenters. The van der Waals surface area contributed by atoms with Crippen LogP contribution in [0.1, 0.15) is 36.1 Å². The summed E-state index contributed by atoms with van der Waals surface area (Å²) in [5, 5.41) is 2.02. The standard InChI is InChI=1S/C22H27NO3S/c1-25-20-12-9-17(16-21(20)26-2)8-10-18-6-3-4-14-23(18)22(24)13-11-19-7-5-15-27-19/h5,7,9,11-13,15-16,18H,3-4,6,8,10,14H2,1-2H3/b13-11+. The molecule has 0 spiro atoms. The number of ether oxygens (including phenoxy) is 2. The Morgan fingerprint density at radius 3 is 2.81 bits per heavy atom. The maximum atomic E-state index is 12.7. The largest absolute Gasteiger partial charge is 0.493 e. The molecule has 1 aromatic heterocycles. The first kappa shape index (κ1) is 19.5. The zero-order valence-corrected chi connectivity index (χ0v) is 16.8. The minimum Gasteiger partial charge on any atom is -0.493 e. The number of likely N-dealkylation sites (tertiary alicyclic amines) is 1. The van der Waals surface area contributed by atoms with Gasteiger partial charge in [0, 0.05) is 23.5 Å². The van der Waals surface area contributed by atoms with Crippen molar-refractivity contribution in [2.24, 2.45) is 0 Å². The molecule has 144 valence electrons.